The summed E-state index contributed by atoms with van der Waals surface area (Å²) in [6, 6.07) is 1.66. The summed E-state index contributed by atoms with van der Waals surface area (Å²) < 4.78 is 11.2. The number of nitrogens with zero attached hydrogens (tertiary/aromatic N) is 1. The van der Waals surface area contributed by atoms with Crippen molar-refractivity contribution in [3.63, 3.8) is 0 Å². The number of hydrogen-bond acceptors (Lipinski definition) is 5. The smallest absolute Gasteiger partial charge is 0.322 e. The van der Waals surface area contributed by atoms with E-state index in [1.165, 1.54) is 7.11 Å². The Morgan fingerprint density at radius 3 is 3.17 bits per heavy atom. The van der Waals surface area contributed by atoms with Crippen LogP contribution in [-0.4, -0.2) is 37.3 Å². The lowest BCUT2D eigenvalue weighted by atomic mass is 10.1. The molecule has 2 rings (SSSR count). The number of ether oxygens (including phenoxy) is 2. The van der Waals surface area contributed by atoms with Gasteiger partial charge in [-0.3, -0.25) is 9.78 Å². The average Bonchev–Trinajstić information content (AvgIpc) is 2.84. The number of carbonyl (C=O) groups is 1. The van der Waals surface area contributed by atoms with Crippen LogP contribution in [0.3, 0.4) is 0 Å². The zero-order valence-corrected chi connectivity index (χ0v) is 11.6. The summed E-state index contributed by atoms with van der Waals surface area (Å²) in [7, 11) is 1.40. The van der Waals surface area contributed by atoms with Crippen LogP contribution in [0, 0.1) is 5.92 Å². The number of hydrogen-bond donors (Lipinski definition) is 1. The van der Waals surface area contributed by atoms with Crippen molar-refractivity contribution < 1.29 is 14.3 Å². The lowest BCUT2D eigenvalue weighted by molar-refractivity contribution is -0.142. The highest BCUT2D eigenvalue weighted by Crippen LogP contribution is 2.19. The molecule has 1 fully saturated rings. The molecule has 0 saturated carbocycles. The first-order valence-electron chi connectivity index (χ1n) is 5.73. The highest BCUT2D eigenvalue weighted by Gasteiger charge is 2.30. The number of esters is 1. The van der Waals surface area contributed by atoms with E-state index in [0.717, 1.165) is 23.2 Å². The molecule has 1 aromatic heterocycles. The minimum atomic E-state index is -0.207. The molecule has 98 valence electrons. The van der Waals surface area contributed by atoms with Crippen molar-refractivity contribution in [3.8, 4) is 5.75 Å². The average molecular weight is 315 g/mol. The number of carbonyl (C=O) groups excluding carboxylic acids is 1. The lowest BCUT2D eigenvalue weighted by Crippen LogP contribution is -2.31. The number of rotatable bonds is 4. The van der Waals surface area contributed by atoms with Gasteiger partial charge in [0.05, 0.1) is 19.9 Å². The first-order valence-corrected chi connectivity index (χ1v) is 6.53. The molecule has 5 nitrogen and oxygen atoms in total. The van der Waals surface area contributed by atoms with Gasteiger partial charge in [-0.25, -0.2) is 0 Å². The van der Waals surface area contributed by atoms with Crippen molar-refractivity contribution in [1.29, 1.82) is 0 Å². The molecule has 1 N–H and O–H groups in total. The van der Waals surface area contributed by atoms with Crippen molar-refractivity contribution >= 4 is 21.9 Å². The van der Waals surface area contributed by atoms with Crippen molar-refractivity contribution in [2.45, 2.75) is 12.5 Å². The van der Waals surface area contributed by atoms with Crippen molar-refractivity contribution in [1.82, 2.24) is 10.3 Å². The molecule has 1 aromatic rings. The zero-order chi connectivity index (χ0) is 13.0. The maximum Gasteiger partial charge on any atom is 0.322 e. The maximum atomic E-state index is 11.3. The molecular weight excluding hydrogens is 300 g/mol. The molecule has 0 aromatic carbocycles. The predicted octanol–water partition coefficient (Wildman–Crippen LogP) is 1.37. The number of aromatic nitrogens is 1. The zero-order valence-electron chi connectivity index (χ0n) is 10.1. The van der Waals surface area contributed by atoms with Crippen molar-refractivity contribution in [2.24, 2.45) is 5.92 Å². The van der Waals surface area contributed by atoms with Crippen LogP contribution in [0.2, 0.25) is 0 Å². The Hall–Kier alpha value is -1.14. The van der Waals surface area contributed by atoms with E-state index in [9.17, 15) is 4.79 Å². The Labute approximate surface area is 114 Å². The molecule has 1 aliphatic rings. The van der Waals surface area contributed by atoms with Crippen LogP contribution in [-0.2, 0) is 9.53 Å². The summed E-state index contributed by atoms with van der Waals surface area (Å²) in [5.74, 6) is 0.834. The lowest BCUT2D eigenvalue weighted by Gasteiger charge is -2.11. The number of nitrogens with one attached hydrogen (secondary N) is 1. The number of methoxy groups -OCH3 is 1. The molecule has 1 unspecified atom stereocenters. The van der Waals surface area contributed by atoms with Crippen molar-refractivity contribution in [3.05, 3.63) is 22.9 Å². The molecule has 0 amide bonds. The van der Waals surface area contributed by atoms with E-state index in [1.54, 1.807) is 12.4 Å². The van der Waals surface area contributed by atoms with Crippen LogP contribution in [0.15, 0.2) is 22.9 Å². The van der Waals surface area contributed by atoms with Crippen LogP contribution < -0.4 is 10.1 Å². The maximum absolute atomic E-state index is 11.3. The third-order valence-corrected chi connectivity index (χ3v) is 3.31. The standard InChI is InChI=1S/C12H15BrN2O3/c1-17-12(16)11-2-8(4-15-11)7-18-10-3-9(13)5-14-6-10/h3,5-6,8,11,15H,2,4,7H2,1H3/t8?,11-/m0/s1. The summed E-state index contributed by atoms with van der Waals surface area (Å²) in [5.41, 5.74) is 0. The molecule has 0 spiro atoms. The summed E-state index contributed by atoms with van der Waals surface area (Å²) in [6.07, 6.45) is 4.12. The van der Waals surface area contributed by atoms with Gasteiger partial charge in [-0.2, -0.15) is 0 Å². The van der Waals surface area contributed by atoms with E-state index < -0.39 is 0 Å². The summed E-state index contributed by atoms with van der Waals surface area (Å²) in [4.78, 5) is 15.4. The SMILES string of the molecule is COC(=O)[C@@H]1CC(COc2cncc(Br)c2)CN1. The minimum absolute atomic E-state index is 0.204. The molecule has 1 aliphatic heterocycles. The molecular formula is C12H15BrN2O3. The van der Waals surface area contributed by atoms with Gasteiger partial charge in [-0.15, -0.1) is 0 Å². The number of pyridine rings is 1. The topological polar surface area (TPSA) is 60.5 Å². The molecule has 0 aliphatic carbocycles. The van der Waals surface area contributed by atoms with E-state index in [0.29, 0.717) is 12.5 Å². The van der Waals surface area contributed by atoms with Gasteiger partial charge < -0.3 is 14.8 Å². The van der Waals surface area contributed by atoms with Crippen LogP contribution in [0.1, 0.15) is 6.42 Å². The van der Waals surface area contributed by atoms with E-state index in [-0.39, 0.29) is 12.0 Å². The minimum Gasteiger partial charge on any atom is -0.492 e. The van der Waals surface area contributed by atoms with Gasteiger partial charge in [-0.1, -0.05) is 0 Å². The second kappa shape index (κ2) is 6.15. The van der Waals surface area contributed by atoms with E-state index in [2.05, 4.69) is 26.2 Å². The summed E-state index contributed by atoms with van der Waals surface area (Å²) in [6.45, 7) is 1.33. The largest absolute Gasteiger partial charge is 0.492 e. The molecule has 1 saturated heterocycles. The van der Waals surface area contributed by atoms with Crippen LogP contribution in [0.25, 0.3) is 0 Å². The van der Waals surface area contributed by atoms with E-state index in [1.807, 2.05) is 6.07 Å². The van der Waals surface area contributed by atoms with Gasteiger partial charge in [0.1, 0.15) is 11.8 Å². The molecule has 2 atom stereocenters. The first kappa shape index (κ1) is 13.3. The van der Waals surface area contributed by atoms with E-state index >= 15 is 0 Å². The number of halogens is 1. The van der Waals surface area contributed by atoms with Gasteiger partial charge in [0.25, 0.3) is 0 Å². The normalized spacial score (nSPS) is 22.8. The Balaban J connectivity index is 1.80. The summed E-state index contributed by atoms with van der Waals surface area (Å²) in [5, 5.41) is 3.13. The van der Waals surface area contributed by atoms with Gasteiger partial charge in [-0.05, 0) is 28.4 Å². The molecule has 0 radical (unpaired) electrons. The fourth-order valence-corrected chi connectivity index (χ4v) is 2.29. The highest BCUT2D eigenvalue weighted by molar-refractivity contribution is 9.10. The van der Waals surface area contributed by atoms with Crippen LogP contribution in [0.5, 0.6) is 5.75 Å². The molecule has 2 heterocycles. The first-order chi connectivity index (χ1) is 8.69. The molecule has 0 bridgehead atoms. The Morgan fingerprint density at radius 2 is 2.44 bits per heavy atom. The fraction of sp³-hybridized carbons (Fsp3) is 0.500. The Kier molecular flexibility index (Phi) is 4.54. The van der Waals surface area contributed by atoms with Gasteiger partial charge in [0.15, 0.2) is 0 Å². The summed E-state index contributed by atoms with van der Waals surface area (Å²) >= 11 is 3.34. The Bertz CT molecular complexity index is 428. The third-order valence-electron chi connectivity index (χ3n) is 2.87. The van der Waals surface area contributed by atoms with Crippen LogP contribution >= 0.6 is 15.9 Å². The second-order valence-electron chi connectivity index (χ2n) is 4.24. The fourth-order valence-electron chi connectivity index (χ4n) is 1.94. The van der Waals surface area contributed by atoms with Crippen LogP contribution in [0.4, 0.5) is 0 Å². The monoisotopic (exact) mass is 314 g/mol. The van der Waals surface area contributed by atoms with Gasteiger partial charge in [0, 0.05) is 23.1 Å². The third kappa shape index (κ3) is 3.43. The van der Waals surface area contributed by atoms with Gasteiger partial charge >= 0.3 is 5.97 Å². The quantitative estimate of drug-likeness (QED) is 0.851. The Morgan fingerprint density at radius 1 is 1.61 bits per heavy atom. The second-order valence-corrected chi connectivity index (χ2v) is 5.15. The van der Waals surface area contributed by atoms with Gasteiger partial charge in [0.2, 0.25) is 0 Å². The highest BCUT2D eigenvalue weighted by atomic mass is 79.9. The van der Waals surface area contributed by atoms with E-state index in [4.69, 9.17) is 9.47 Å². The van der Waals surface area contributed by atoms with Crippen molar-refractivity contribution in [2.75, 3.05) is 20.3 Å². The predicted molar refractivity (Wildman–Crippen MR) is 69.3 cm³/mol. The molecule has 6 heteroatoms. The molecule has 18 heavy (non-hydrogen) atoms.